The number of anilines is 1. The average Bonchev–Trinajstić information content (AvgIpc) is 2.68. The number of hydrogen-bond acceptors (Lipinski definition) is 2. The molecule has 0 saturated heterocycles. The van der Waals surface area contributed by atoms with Gasteiger partial charge in [0.2, 0.25) is 0 Å². The number of aromatic nitrogens is 1. The largest absolute Gasteiger partial charge is 0.384 e. The molecule has 0 amide bonds. The van der Waals surface area contributed by atoms with Gasteiger partial charge in [0, 0.05) is 46.5 Å². The molecule has 0 spiro atoms. The van der Waals surface area contributed by atoms with E-state index in [1.54, 1.807) is 0 Å². The highest BCUT2D eigenvalue weighted by molar-refractivity contribution is 6.30. The Morgan fingerprint density at radius 2 is 1.95 bits per heavy atom. The van der Waals surface area contributed by atoms with Gasteiger partial charge >= 0.3 is 0 Å². The molecule has 1 aromatic carbocycles. The first-order chi connectivity index (χ1) is 9.04. The topological polar surface area (TPSA) is 24.9 Å². The van der Waals surface area contributed by atoms with E-state index in [9.17, 15) is 0 Å². The maximum atomic E-state index is 5.90. The van der Waals surface area contributed by atoms with Crippen molar-refractivity contribution in [3.05, 3.63) is 58.4 Å². The van der Waals surface area contributed by atoms with Gasteiger partial charge in [-0.15, -0.1) is 12.4 Å². The molecule has 1 N–H and O–H groups in total. The number of hydrogen-bond donors (Lipinski definition) is 1. The number of nitrogens with one attached hydrogen (secondary N) is 1. The molecule has 0 bridgehead atoms. The van der Waals surface area contributed by atoms with E-state index in [0.717, 1.165) is 23.7 Å². The third-order valence-electron chi connectivity index (χ3n) is 3.71. The summed E-state index contributed by atoms with van der Waals surface area (Å²) in [5.41, 5.74) is 5.04. The van der Waals surface area contributed by atoms with E-state index in [2.05, 4.69) is 42.3 Å². The van der Waals surface area contributed by atoms with Crippen LogP contribution in [-0.4, -0.2) is 11.5 Å². The van der Waals surface area contributed by atoms with E-state index in [4.69, 9.17) is 11.6 Å². The Kier molecular flexibility index (Phi) is 4.26. The van der Waals surface area contributed by atoms with Crippen molar-refractivity contribution < 1.29 is 0 Å². The molecule has 1 aromatic heterocycles. The quantitative estimate of drug-likeness (QED) is 0.886. The van der Waals surface area contributed by atoms with Gasteiger partial charge in [-0.1, -0.05) is 37.6 Å². The van der Waals surface area contributed by atoms with Gasteiger partial charge in [0.05, 0.1) is 0 Å². The maximum Gasteiger partial charge on any atom is 0.0468 e. The number of rotatable bonds is 2. The van der Waals surface area contributed by atoms with Crippen LogP contribution in [0, 0.1) is 0 Å². The van der Waals surface area contributed by atoms with Crippen molar-refractivity contribution in [2.24, 2.45) is 0 Å². The Bertz CT molecular complexity index is 606. The monoisotopic (exact) mass is 308 g/mol. The zero-order chi connectivity index (χ0) is 13.5. The van der Waals surface area contributed by atoms with Gasteiger partial charge in [-0.05, 0) is 23.8 Å². The molecule has 0 radical (unpaired) electrons. The molecule has 2 aromatic rings. The maximum absolute atomic E-state index is 5.90. The van der Waals surface area contributed by atoms with E-state index in [0.29, 0.717) is 0 Å². The molecule has 0 fully saturated rings. The smallest absolute Gasteiger partial charge is 0.0468 e. The van der Waals surface area contributed by atoms with Gasteiger partial charge in [-0.3, -0.25) is 4.98 Å². The molecule has 0 saturated carbocycles. The van der Waals surface area contributed by atoms with Crippen molar-refractivity contribution in [1.82, 2.24) is 4.98 Å². The summed E-state index contributed by atoms with van der Waals surface area (Å²) < 4.78 is 0. The lowest BCUT2D eigenvalue weighted by atomic mass is 9.88. The molecule has 106 valence electrons. The summed E-state index contributed by atoms with van der Waals surface area (Å²) in [5, 5.41) is 4.24. The molecule has 0 unspecified atom stereocenters. The minimum absolute atomic E-state index is 0. The van der Waals surface area contributed by atoms with Gasteiger partial charge in [-0.2, -0.15) is 0 Å². The fourth-order valence-electron chi connectivity index (χ4n) is 2.50. The zero-order valence-electron chi connectivity index (χ0n) is 11.6. The van der Waals surface area contributed by atoms with Crippen molar-refractivity contribution in [3.8, 4) is 0 Å². The normalized spacial score (nSPS) is 15.2. The predicted octanol–water partition coefficient (Wildman–Crippen LogP) is 4.45. The number of fused-ring (bicyclic) bond motifs is 1. The molecular formula is C16H18Cl2N2. The van der Waals surface area contributed by atoms with Crippen LogP contribution in [0.4, 0.5) is 5.69 Å². The summed E-state index contributed by atoms with van der Waals surface area (Å²) in [4.78, 5) is 4.59. The molecule has 2 heterocycles. The van der Waals surface area contributed by atoms with Crippen LogP contribution in [0.3, 0.4) is 0 Å². The lowest BCUT2D eigenvalue weighted by Crippen LogP contribution is -2.19. The van der Waals surface area contributed by atoms with Crippen LogP contribution in [0.5, 0.6) is 0 Å². The number of halogens is 2. The molecule has 1 aliphatic heterocycles. The van der Waals surface area contributed by atoms with Gasteiger partial charge in [-0.25, -0.2) is 0 Å². The molecule has 20 heavy (non-hydrogen) atoms. The standard InChI is InChI=1S/C16H17ClN2.ClH/c1-16(2)10-19-15-8-13(18-9-14(15)16)7-11-3-5-12(17)6-4-11;/h3-6,8-9,19H,7,10H2,1-2H3;1H. The molecule has 1 aliphatic rings. The Morgan fingerprint density at radius 3 is 2.65 bits per heavy atom. The summed E-state index contributed by atoms with van der Waals surface area (Å²) in [5.74, 6) is 0. The van der Waals surface area contributed by atoms with Gasteiger partial charge in [0.1, 0.15) is 0 Å². The first kappa shape index (κ1) is 15.1. The lowest BCUT2D eigenvalue weighted by molar-refractivity contribution is 0.584. The van der Waals surface area contributed by atoms with E-state index in [1.165, 1.54) is 16.8 Å². The Balaban J connectivity index is 0.00000147. The molecule has 0 aliphatic carbocycles. The van der Waals surface area contributed by atoms with E-state index in [-0.39, 0.29) is 17.8 Å². The van der Waals surface area contributed by atoms with E-state index < -0.39 is 0 Å². The molecule has 4 heteroatoms. The predicted molar refractivity (Wildman–Crippen MR) is 87.3 cm³/mol. The summed E-state index contributed by atoms with van der Waals surface area (Å²) in [7, 11) is 0. The summed E-state index contributed by atoms with van der Waals surface area (Å²) in [6.07, 6.45) is 2.85. The second-order valence-corrected chi connectivity index (χ2v) is 6.20. The fourth-order valence-corrected chi connectivity index (χ4v) is 2.63. The molecule has 0 atom stereocenters. The van der Waals surface area contributed by atoms with Crippen LogP contribution in [0.2, 0.25) is 5.02 Å². The van der Waals surface area contributed by atoms with E-state index >= 15 is 0 Å². The minimum atomic E-state index is 0. The van der Waals surface area contributed by atoms with Crippen molar-refractivity contribution in [1.29, 1.82) is 0 Å². The second kappa shape index (κ2) is 5.63. The van der Waals surface area contributed by atoms with E-state index in [1.807, 2.05) is 18.3 Å². The molecular weight excluding hydrogens is 291 g/mol. The van der Waals surface area contributed by atoms with Crippen LogP contribution in [-0.2, 0) is 11.8 Å². The number of nitrogens with zero attached hydrogens (tertiary/aromatic N) is 1. The SMILES string of the molecule is CC1(C)CNc2cc(Cc3ccc(Cl)cc3)ncc21.Cl. The number of pyridine rings is 1. The van der Waals surface area contributed by atoms with Crippen LogP contribution in [0.1, 0.15) is 30.7 Å². The Hall–Kier alpha value is -1.25. The first-order valence-electron chi connectivity index (χ1n) is 6.52. The summed E-state index contributed by atoms with van der Waals surface area (Å²) in [6.45, 7) is 5.47. The van der Waals surface area contributed by atoms with Crippen molar-refractivity contribution in [3.63, 3.8) is 0 Å². The highest BCUT2D eigenvalue weighted by Crippen LogP contribution is 2.35. The zero-order valence-corrected chi connectivity index (χ0v) is 13.2. The van der Waals surface area contributed by atoms with Crippen molar-refractivity contribution in [2.45, 2.75) is 25.7 Å². The first-order valence-corrected chi connectivity index (χ1v) is 6.90. The molecule has 3 rings (SSSR count). The Morgan fingerprint density at radius 1 is 1.25 bits per heavy atom. The van der Waals surface area contributed by atoms with Crippen LogP contribution in [0.15, 0.2) is 36.5 Å². The highest BCUT2D eigenvalue weighted by atomic mass is 35.5. The van der Waals surface area contributed by atoms with Crippen molar-refractivity contribution >= 4 is 29.7 Å². The lowest BCUT2D eigenvalue weighted by Gasteiger charge is -2.16. The van der Waals surface area contributed by atoms with Crippen LogP contribution < -0.4 is 5.32 Å². The third-order valence-corrected chi connectivity index (χ3v) is 3.96. The van der Waals surface area contributed by atoms with Gasteiger partial charge in [0.25, 0.3) is 0 Å². The Labute approximate surface area is 131 Å². The fraction of sp³-hybridized carbons (Fsp3) is 0.312. The van der Waals surface area contributed by atoms with Crippen molar-refractivity contribution in [2.75, 3.05) is 11.9 Å². The minimum Gasteiger partial charge on any atom is -0.384 e. The third kappa shape index (κ3) is 2.92. The molecule has 2 nitrogen and oxygen atoms in total. The van der Waals surface area contributed by atoms with Gasteiger partial charge in [0.15, 0.2) is 0 Å². The van der Waals surface area contributed by atoms with Crippen LogP contribution >= 0.6 is 24.0 Å². The summed E-state index contributed by atoms with van der Waals surface area (Å²) in [6, 6.07) is 10.1. The highest BCUT2D eigenvalue weighted by Gasteiger charge is 2.29. The van der Waals surface area contributed by atoms with Crippen LogP contribution in [0.25, 0.3) is 0 Å². The van der Waals surface area contributed by atoms with Gasteiger partial charge < -0.3 is 5.32 Å². The second-order valence-electron chi connectivity index (χ2n) is 5.76. The summed E-state index contributed by atoms with van der Waals surface area (Å²) >= 11 is 5.90. The number of benzene rings is 1. The average molecular weight is 309 g/mol.